The van der Waals surface area contributed by atoms with Crippen LogP contribution < -0.4 is 10.6 Å². The summed E-state index contributed by atoms with van der Waals surface area (Å²) in [6.07, 6.45) is 2.68. The molecule has 3 amide bonds. The maximum Gasteiger partial charge on any atom is 0.326 e. The number of amides is 3. The molecular weight excluding hydrogens is 176 g/mol. The first-order chi connectivity index (χ1) is 5.77. The van der Waals surface area contributed by atoms with E-state index in [-0.39, 0.29) is 5.91 Å². The summed E-state index contributed by atoms with van der Waals surface area (Å²) < 4.78 is 0. The fourth-order valence-electron chi connectivity index (χ4n) is 1.06. The normalized spacial score (nSPS) is 27.7. The van der Waals surface area contributed by atoms with Crippen LogP contribution in [-0.2, 0) is 4.79 Å². The number of thioether (sulfide) groups is 1. The second-order valence-corrected chi connectivity index (χ2v) is 3.40. The highest BCUT2D eigenvalue weighted by molar-refractivity contribution is 8.06. The molecule has 1 fully saturated rings. The molecule has 0 aromatic carbocycles. The van der Waals surface area contributed by atoms with E-state index < -0.39 is 6.03 Å². The monoisotopic (exact) mass is 182 g/mol. The van der Waals surface area contributed by atoms with Crippen LogP contribution in [0.4, 0.5) is 4.79 Å². The highest BCUT2D eigenvalue weighted by Gasteiger charge is 2.26. The summed E-state index contributed by atoms with van der Waals surface area (Å²) in [5.41, 5.74) is 0.398. The molecule has 0 atom stereocenters. The van der Waals surface area contributed by atoms with Crippen LogP contribution in [0.3, 0.4) is 0 Å². The van der Waals surface area contributed by atoms with Crippen LogP contribution in [0.2, 0.25) is 0 Å². The van der Waals surface area contributed by atoms with Crippen molar-refractivity contribution in [3.8, 4) is 0 Å². The molecule has 1 saturated heterocycles. The van der Waals surface area contributed by atoms with Crippen LogP contribution >= 0.6 is 11.8 Å². The van der Waals surface area contributed by atoms with Crippen molar-refractivity contribution in [2.45, 2.75) is 6.42 Å². The Kier molecular flexibility index (Phi) is 1.65. The van der Waals surface area contributed by atoms with Crippen LogP contribution in [-0.4, -0.2) is 11.9 Å². The van der Waals surface area contributed by atoms with Crippen LogP contribution in [0.15, 0.2) is 22.1 Å². The summed E-state index contributed by atoms with van der Waals surface area (Å²) in [6.45, 7) is 0. The first-order valence-electron chi connectivity index (χ1n) is 3.44. The van der Waals surface area contributed by atoms with Gasteiger partial charge in [-0.15, -0.1) is 11.8 Å². The zero-order chi connectivity index (χ0) is 8.55. The van der Waals surface area contributed by atoms with Crippen LogP contribution in [0.5, 0.6) is 0 Å². The van der Waals surface area contributed by atoms with Crippen molar-refractivity contribution >= 4 is 23.7 Å². The van der Waals surface area contributed by atoms with E-state index in [1.807, 2.05) is 11.5 Å². The Bertz CT molecular complexity index is 309. The average molecular weight is 182 g/mol. The van der Waals surface area contributed by atoms with Gasteiger partial charge < -0.3 is 5.32 Å². The Hall–Kier alpha value is -1.23. The third-order valence-corrected chi connectivity index (χ3v) is 2.57. The summed E-state index contributed by atoms with van der Waals surface area (Å²) >= 11 is 1.47. The number of nitrogens with one attached hydrogen (secondary N) is 2. The number of allylic oxidation sites excluding steroid dienone is 2. The third kappa shape index (κ3) is 1.12. The predicted octanol–water partition coefficient (Wildman–Crippen LogP) is 0.688. The number of hydrogen-bond donors (Lipinski definition) is 2. The van der Waals surface area contributed by atoms with Crippen molar-refractivity contribution in [1.29, 1.82) is 0 Å². The molecule has 2 N–H and O–H groups in total. The molecule has 0 radical (unpaired) electrons. The molecule has 2 aliphatic heterocycles. The van der Waals surface area contributed by atoms with E-state index in [1.54, 1.807) is 0 Å². The fourth-order valence-corrected chi connectivity index (χ4v) is 1.87. The Morgan fingerprint density at radius 1 is 1.33 bits per heavy atom. The summed E-state index contributed by atoms with van der Waals surface area (Å²) in [5, 5.41) is 6.52. The standard InChI is InChI=1S/C7H6N2O2S/c10-6-5(8-7(11)9-6)4-2-1-3-12-4/h1,3H,2H2,(H2,8,9,10,11). The lowest BCUT2D eigenvalue weighted by atomic mass is 10.3. The van der Waals surface area contributed by atoms with Gasteiger partial charge in [0.1, 0.15) is 5.70 Å². The van der Waals surface area contributed by atoms with E-state index in [0.29, 0.717) is 5.70 Å². The number of rotatable bonds is 0. The van der Waals surface area contributed by atoms with E-state index in [9.17, 15) is 9.59 Å². The summed E-state index contributed by atoms with van der Waals surface area (Å²) in [6, 6.07) is -0.435. The molecule has 0 aromatic rings. The van der Waals surface area contributed by atoms with Gasteiger partial charge in [0.15, 0.2) is 0 Å². The number of imide groups is 1. The largest absolute Gasteiger partial charge is 0.326 e. The average Bonchev–Trinajstić information content (AvgIpc) is 2.58. The minimum atomic E-state index is -0.435. The lowest BCUT2D eigenvalue weighted by Crippen LogP contribution is -2.22. The van der Waals surface area contributed by atoms with E-state index in [1.165, 1.54) is 11.8 Å². The fraction of sp³-hybridized carbons (Fsp3) is 0.143. The predicted molar refractivity (Wildman–Crippen MR) is 45.0 cm³/mol. The summed E-state index contributed by atoms with van der Waals surface area (Å²) in [7, 11) is 0. The zero-order valence-electron chi connectivity index (χ0n) is 6.09. The van der Waals surface area contributed by atoms with E-state index in [2.05, 4.69) is 10.6 Å². The Balaban J connectivity index is 2.29. The highest BCUT2D eigenvalue weighted by Crippen LogP contribution is 2.30. The molecule has 2 rings (SSSR count). The molecule has 0 saturated carbocycles. The maximum absolute atomic E-state index is 11.1. The second kappa shape index (κ2) is 2.67. The SMILES string of the molecule is O=C1NC(=O)C(=C2CC=CS2)N1. The summed E-state index contributed by atoms with van der Waals surface area (Å²) in [4.78, 5) is 22.7. The van der Waals surface area contributed by atoms with Gasteiger partial charge in [0.2, 0.25) is 0 Å². The van der Waals surface area contributed by atoms with Gasteiger partial charge in [-0.3, -0.25) is 10.1 Å². The quantitative estimate of drug-likeness (QED) is 0.428. The van der Waals surface area contributed by atoms with E-state index in [0.717, 1.165) is 11.3 Å². The van der Waals surface area contributed by atoms with E-state index >= 15 is 0 Å². The minimum absolute atomic E-state index is 0.328. The first kappa shape index (κ1) is 7.42. The van der Waals surface area contributed by atoms with Gasteiger partial charge in [-0.25, -0.2) is 4.79 Å². The Morgan fingerprint density at radius 3 is 2.67 bits per heavy atom. The van der Waals surface area contributed by atoms with Gasteiger partial charge >= 0.3 is 6.03 Å². The molecule has 2 aliphatic rings. The minimum Gasteiger partial charge on any atom is -0.302 e. The number of carbonyl (C=O) groups is 2. The van der Waals surface area contributed by atoms with Gasteiger partial charge in [-0.05, 0) is 11.8 Å². The van der Waals surface area contributed by atoms with Gasteiger partial charge in [-0.2, -0.15) is 0 Å². The van der Waals surface area contributed by atoms with Crippen molar-refractivity contribution in [2.24, 2.45) is 0 Å². The van der Waals surface area contributed by atoms with Gasteiger partial charge in [-0.1, -0.05) is 6.08 Å². The first-order valence-corrected chi connectivity index (χ1v) is 4.32. The van der Waals surface area contributed by atoms with E-state index in [4.69, 9.17) is 0 Å². The van der Waals surface area contributed by atoms with Crippen LogP contribution in [0.25, 0.3) is 0 Å². The second-order valence-electron chi connectivity index (χ2n) is 2.40. The smallest absolute Gasteiger partial charge is 0.302 e. The lowest BCUT2D eigenvalue weighted by Gasteiger charge is -1.97. The molecule has 5 heteroatoms. The zero-order valence-corrected chi connectivity index (χ0v) is 6.90. The molecule has 0 unspecified atom stereocenters. The molecule has 4 nitrogen and oxygen atoms in total. The lowest BCUT2D eigenvalue weighted by molar-refractivity contribution is -0.115. The number of urea groups is 1. The van der Waals surface area contributed by atoms with Crippen molar-refractivity contribution in [3.05, 3.63) is 22.1 Å². The molecule has 12 heavy (non-hydrogen) atoms. The van der Waals surface area contributed by atoms with Crippen LogP contribution in [0, 0.1) is 0 Å². The molecule has 2 heterocycles. The van der Waals surface area contributed by atoms with Crippen molar-refractivity contribution < 1.29 is 9.59 Å². The van der Waals surface area contributed by atoms with Gasteiger partial charge in [0.05, 0.1) is 0 Å². The number of carbonyl (C=O) groups excluding carboxylic acids is 2. The highest BCUT2D eigenvalue weighted by atomic mass is 32.2. The van der Waals surface area contributed by atoms with Crippen molar-refractivity contribution in [2.75, 3.05) is 0 Å². The maximum atomic E-state index is 11.1. The third-order valence-electron chi connectivity index (χ3n) is 1.58. The van der Waals surface area contributed by atoms with Crippen molar-refractivity contribution in [1.82, 2.24) is 10.6 Å². The Labute approximate surface area is 73.1 Å². The summed E-state index contributed by atoms with van der Waals surface area (Å²) in [5.74, 6) is -0.328. The molecule has 0 bridgehead atoms. The van der Waals surface area contributed by atoms with Gasteiger partial charge in [0.25, 0.3) is 5.91 Å². The van der Waals surface area contributed by atoms with Crippen molar-refractivity contribution in [3.63, 3.8) is 0 Å². The van der Waals surface area contributed by atoms with Crippen LogP contribution in [0.1, 0.15) is 6.42 Å². The molecule has 0 aromatic heterocycles. The molecule has 0 aliphatic carbocycles. The molecule has 62 valence electrons. The molecular formula is C7H6N2O2S. The molecule has 0 spiro atoms. The Morgan fingerprint density at radius 2 is 2.17 bits per heavy atom. The number of hydrogen-bond acceptors (Lipinski definition) is 3. The van der Waals surface area contributed by atoms with Gasteiger partial charge in [0, 0.05) is 4.91 Å². The topological polar surface area (TPSA) is 58.2 Å².